The van der Waals surface area contributed by atoms with Crippen LogP contribution in [0.5, 0.6) is 0 Å². The monoisotopic (exact) mass is 270 g/mol. The molecule has 0 radical (unpaired) electrons. The van der Waals surface area contributed by atoms with Crippen LogP contribution in [0.4, 0.5) is 5.69 Å². The number of rotatable bonds is 4. The van der Waals surface area contributed by atoms with Crippen LogP contribution in [0, 0.1) is 12.3 Å². The van der Waals surface area contributed by atoms with Gasteiger partial charge in [-0.25, -0.2) is 0 Å². The van der Waals surface area contributed by atoms with Gasteiger partial charge in [-0.15, -0.1) is 6.42 Å². The van der Waals surface area contributed by atoms with Crippen molar-refractivity contribution in [1.82, 2.24) is 5.32 Å². The molecule has 1 aromatic carbocycles. The van der Waals surface area contributed by atoms with Crippen molar-refractivity contribution < 1.29 is 4.79 Å². The number of carbonyl (C=O) groups excluding carboxylic acids is 1. The number of anilines is 1. The Balaban J connectivity index is 1.78. The first-order valence-electron chi connectivity index (χ1n) is 7.38. The summed E-state index contributed by atoms with van der Waals surface area (Å²) in [5.74, 6) is 2.65. The zero-order chi connectivity index (χ0) is 14.2. The van der Waals surface area contributed by atoms with Crippen molar-refractivity contribution in [2.24, 2.45) is 0 Å². The van der Waals surface area contributed by atoms with Gasteiger partial charge in [0, 0.05) is 17.3 Å². The first kappa shape index (κ1) is 14.5. The fourth-order valence-electron chi connectivity index (χ4n) is 2.60. The third-order valence-corrected chi connectivity index (χ3v) is 3.70. The summed E-state index contributed by atoms with van der Waals surface area (Å²) in [4.78, 5) is 11.9. The minimum Gasteiger partial charge on any atom is -0.376 e. The number of terminal acetylenes is 1. The van der Waals surface area contributed by atoms with Crippen molar-refractivity contribution in [3.05, 3.63) is 29.8 Å². The molecule has 1 fully saturated rings. The summed E-state index contributed by atoms with van der Waals surface area (Å²) >= 11 is 0. The minimum absolute atomic E-state index is 0.0583. The molecule has 0 atom stereocenters. The maximum absolute atomic E-state index is 11.9. The maximum Gasteiger partial charge on any atom is 0.239 e. The minimum atomic E-state index is 0.0583. The van der Waals surface area contributed by atoms with E-state index in [0.29, 0.717) is 12.6 Å². The molecule has 0 saturated heterocycles. The summed E-state index contributed by atoms with van der Waals surface area (Å²) in [6, 6.07) is 7.90. The number of hydrogen-bond acceptors (Lipinski definition) is 2. The zero-order valence-electron chi connectivity index (χ0n) is 11.8. The zero-order valence-corrected chi connectivity index (χ0v) is 11.8. The molecular formula is C17H22N2O. The molecule has 106 valence electrons. The summed E-state index contributed by atoms with van der Waals surface area (Å²) in [7, 11) is 0. The quantitative estimate of drug-likeness (QED) is 0.652. The number of carbonyl (C=O) groups is 1. The van der Waals surface area contributed by atoms with Gasteiger partial charge in [0.15, 0.2) is 0 Å². The van der Waals surface area contributed by atoms with Crippen molar-refractivity contribution in [1.29, 1.82) is 0 Å². The van der Waals surface area contributed by atoms with E-state index in [1.807, 2.05) is 24.3 Å². The van der Waals surface area contributed by atoms with Crippen molar-refractivity contribution >= 4 is 11.6 Å². The molecule has 2 rings (SSSR count). The van der Waals surface area contributed by atoms with E-state index in [9.17, 15) is 4.79 Å². The SMILES string of the molecule is C#Cc1cccc(NCC(=O)NC2CCCCCC2)c1. The van der Waals surface area contributed by atoms with Gasteiger partial charge in [0.2, 0.25) is 5.91 Å². The Labute approximate surface area is 121 Å². The van der Waals surface area contributed by atoms with E-state index in [-0.39, 0.29) is 5.91 Å². The molecule has 3 heteroatoms. The summed E-state index contributed by atoms with van der Waals surface area (Å²) in [5.41, 5.74) is 1.70. The molecule has 1 aliphatic rings. The Kier molecular flexibility index (Phi) is 5.49. The summed E-state index contributed by atoms with van der Waals surface area (Å²) in [6.07, 6.45) is 12.6. The molecule has 1 aromatic rings. The number of benzene rings is 1. The highest BCUT2D eigenvalue weighted by Gasteiger charge is 2.14. The van der Waals surface area contributed by atoms with Gasteiger partial charge in [-0.1, -0.05) is 37.7 Å². The van der Waals surface area contributed by atoms with E-state index in [2.05, 4.69) is 16.6 Å². The standard InChI is InChI=1S/C17H22N2O/c1-2-14-8-7-11-16(12-14)18-13-17(20)19-15-9-5-3-4-6-10-15/h1,7-8,11-12,15,18H,3-6,9-10,13H2,(H,19,20). The normalized spacial score (nSPS) is 15.9. The van der Waals surface area contributed by atoms with Gasteiger partial charge in [-0.3, -0.25) is 4.79 Å². The Hall–Kier alpha value is -1.95. The van der Waals surface area contributed by atoms with Gasteiger partial charge in [-0.05, 0) is 31.0 Å². The van der Waals surface area contributed by atoms with Crippen molar-refractivity contribution in [3.8, 4) is 12.3 Å². The molecular weight excluding hydrogens is 248 g/mol. The Morgan fingerprint density at radius 1 is 1.25 bits per heavy atom. The van der Waals surface area contributed by atoms with Crippen LogP contribution in [-0.2, 0) is 4.79 Å². The lowest BCUT2D eigenvalue weighted by Gasteiger charge is -2.16. The Morgan fingerprint density at radius 2 is 2.00 bits per heavy atom. The molecule has 0 spiro atoms. The molecule has 0 bridgehead atoms. The second-order valence-electron chi connectivity index (χ2n) is 5.33. The average Bonchev–Trinajstić information content (AvgIpc) is 2.74. The number of amides is 1. The Morgan fingerprint density at radius 3 is 2.70 bits per heavy atom. The molecule has 1 aliphatic carbocycles. The van der Waals surface area contributed by atoms with Crippen LogP contribution in [0.2, 0.25) is 0 Å². The summed E-state index contributed by atoms with van der Waals surface area (Å²) < 4.78 is 0. The predicted molar refractivity (Wildman–Crippen MR) is 82.5 cm³/mol. The third kappa shape index (κ3) is 4.62. The first-order valence-corrected chi connectivity index (χ1v) is 7.38. The van der Waals surface area contributed by atoms with Crippen molar-refractivity contribution in [2.45, 2.75) is 44.6 Å². The fourth-order valence-corrected chi connectivity index (χ4v) is 2.60. The van der Waals surface area contributed by atoms with Crippen molar-refractivity contribution in [3.63, 3.8) is 0 Å². The van der Waals surface area contributed by atoms with Crippen LogP contribution in [0.25, 0.3) is 0 Å². The highest BCUT2D eigenvalue weighted by molar-refractivity contribution is 5.81. The van der Waals surface area contributed by atoms with Crippen LogP contribution >= 0.6 is 0 Å². The predicted octanol–water partition coefficient (Wildman–Crippen LogP) is 2.92. The van der Waals surface area contributed by atoms with E-state index < -0.39 is 0 Å². The highest BCUT2D eigenvalue weighted by atomic mass is 16.1. The molecule has 3 nitrogen and oxygen atoms in total. The smallest absolute Gasteiger partial charge is 0.239 e. The molecule has 1 saturated carbocycles. The summed E-state index contributed by atoms with van der Waals surface area (Å²) in [5, 5.41) is 6.23. The molecule has 2 N–H and O–H groups in total. The molecule has 1 amide bonds. The average molecular weight is 270 g/mol. The molecule has 0 aliphatic heterocycles. The maximum atomic E-state index is 11.9. The van der Waals surface area contributed by atoms with Crippen molar-refractivity contribution in [2.75, 3.05) is 11.9 Å². The van der Waals surface area contributed by atoms with E-state index in [1.165, 1.54) is 25.7 Å². The number of hydrogen-bond donors (Lipinski definition) is 2. The van der Waals surface area contributed by atoms with Crippen LogP contribution in [0.1, 0.15) is 44.1 Å². The molecule has 20 heavy (non-hydrogen) atoms. The first-order chi connectivity index (χ1) is 9.78. The highest BCUT2D eigenvalue weighted by Crippen LogP contribution is 2.17. The fraction of sp³-hybridized carbons (Fsp3) is 0.471. The van der Waals surface area contributed by atoms with Gasteiger partial charge in [0.1, 0.15) is 0 Å². The topological polar surface area (TPSA) is 41.1 Å². The van der Waals surface area contributed by atoms with Gasteiger partial charge in [0.05, 0.1) is 6.54 Å². The lowest BCUT2D eigenvalue weighted by atomic mass is 10.1. The lowest BCUT2D eigenvalue weighted by Crippen LogP contribution is -2.38. The van der Waals surface area contributed by atoms with Crippen LogP contribution in [0.3, 0.4) is 0 Å². The molecule has 0 heterocycles. The Bertz CT molecular complexity index is 482. The van der Waals surface area contributed by atoms with E-state index in [1.54, 1.807) is 0 Å². The van der Waals surface area contributed by atoms with Gasteiger partial charge >= 0.3 is 0 Å². The second-order valence-corrected chi connectivity index (χ2v) is 5.33. The van der Waals surface area contributed by atoms with E-state index >= 15 is 0 Å². The van der Waals surface area contributed by atoms with E-state index in [0.717, 1.165) is 24.1 Å². The van der Waals surface area contributed by atoms with Gasteiger partial charge in [0.25, 0.3) is 0 Å². The van der Waals surface area contributed by atoms with Crippen LogP contribution in [-0.4, -0.2) is 18.5 Å². The molecule has 0 unspecified atom stereocenters. The lowest BCUT2D eigenvalue weighted by molar-refractivity contribution is -0.120. The summed E-state index contributed by atoms with van der Waals surface area (Å²) in [6.45, 7) is 0.296. The van der Waals surface area contributed by atoms with Crippen LogP contribution in [0.15, 0.2) is 24.3 Å². The van der Waals surface area contributed by atoms with Crippen LogP contribution < -0.4 is 10.6 Å². The third-order valence-electron chi connectivity index (χ3n) is 3.70. The largest absolute Gasteiger partial charge is 0.376 e. The second kappa shape index (κ2) is 7.59. The van der Waals surface area contributed by atoms with E-state index in [4.69, 9.17) is 6.42 Å². The molecule has 0 aromatic heterocycles. The van der Waals surface area contributed by atoms with Gasteiger partial charge in [-0.2, -0.15) is 0 Å². The number of nitrogens with one attached hydrogen (secondary N) is 2. The van der Waals surface area contributed by atoms with Gasteiger partial charge < -0.3 is 10.6 Å².